The molecule has 5 nitrogen and oxygen atoms in total. The van der Waals surface area contributed by atoms with Gasteiger partial charge in [0.15, 0.2) is 6.61 Å². The van der Waals surface area contributed by atoms with E-state index in [1.807, 2.05) is 62.4 Å². The number of ether oxygens (including phenoxy) is 1. The second-order valence-corrected chi connectivity index (χ2v) is 11.4. The first-order chi connectivity index (χ1) is 19.9. The van der Waals surface area contributed by atoms with E-state index in [0.29, 0.717) is 23.2 Å². The van der Waals surface area contributed by atoms with E-state index in [-0.39, 0.29) is 16.9 Å². The van der Waals surface area contributed by atoms with Crippen LogP contribution < -0.4 is 9.64 Å². The Kier molecular flexibility index (Phi) is 9.67. The monoisotopic (exact) mass is 579 g/mol. The van der Waals surface area contributed by atoms with Crippen LogP contribution in [0.25, 0.3) is 16.9 Å². The summed E-state index contributed by atoms with van der Waals surface area (Å²) < 4.78 is 44.4. The number of aliphatic hydroxyl groups is 1. The van der Waals surface area contributed by atoms with Gasteiger partial charge in [-0.2, -0.15) is 13.2 Å². The van der Waals surface area contributed by atoms with Gasteiger partial charge in [-0.05, 0) is 93.6 Å². The number of benzene rings is 2. The summed E-state index contributed by atoms with van der Waals surface area (Å²) in [6, 6.07) is 16.9. The summed E-state index contributed by atoms with van der Waals surface area (Å²) in [5.41, 5.74) is 5.82. The normalized spacial score (nSPS) is 15.3. The average molecular weight is 580 g/mol. The maximum absolute atomic E-state index is 13.0. The molecule has 2 heterocycles. The Bertz CT molecular complexity index is 1380. The number of nitrogens with zero attached hydrogens (tertiary/aromatic N) is 3. The fraction of sp³-hybridized carbons (Fsp3) is 0.382. The maximum atomic E-state index is 13.0. The van der Waals surface area contributed by atoms with Crippen LogP contribution in [0.4, 0.5) is 18.9 Å². The molecular weight excluding hydrogens is 539 g/mol. The van der Waals surface area contributed by atoms with Crippen molar-refractivity contribution in [3.63, 3.8) is 0 Å². The number of aromatic nitrogens is 1. The highest BCUT2D eigenvalue weighted by atomic mass is 19.4. The zero-order valence-electron chi connectivity index (χ0n) is 24.7. The van der Waals surface area contributed by atoms with Gasteiger partial charge in [0.2, 0.25) is 0 Å². The van der Waals surface area contributed by atoms with Gasteiger partial charge in [-0.15, -0.1) is 0 Å². The summed E-state index contributed by atoms with van der Waals surface area (Å²) in [6.45, 7) is 15.8. The average Bonchev–Trinajstić information content (AvgIpc) is 2.96. The maximum Gasteiger partial charge on any atom is 0.422 e. The zero-order valence-corrected chi connectivity index (χ0v) is 24.7. The molecule has 0 aliphatic carbocycles. The first kappa shape index (κ1) is 31.2. The van der Waals surface area contributed by atoms with Gasteiger partial charge in [0, 0.05) is 53.1 Å². The molecule has 0 atom stereocenters. The van der Waals surface area contributed by atoms with Crippen molar-refractivity contribution in [2.45, 2.75) is 52.8 Å². The molecule has 3 aromatic rings. The molecule has 0 unspecified atom stereocenters. The molecule has 0 radical (unpaired) electrons. The molecule has 42 heavy (non-hydrogen) atoms. The molecule has 2 aromatic carbocycles. The van der Waals surface area contributed by atoms with Gasteiger partial charge < -0.3 is 14.7 Å². The van der Waals surface area contributed by atoms with Gasteiger partial charge in [-0.1, -0.05) is 38.3 Å². The molecule has 4 rings (SSSR count). The van der Waals surface area contributed by atoms with E-state index in [1.54, 1.807) is 12.3 Å². The predicted molar refractivity (Wildman–Crippen MR) is 163 cm³/mol. The Morgan fingerprint density at radius 3 is 2.31 bits per heavy atom. The van der Waals surface area contributed by atoms with Crippen LogP contribution >= 0.6 is 0 Å². The number of rotatable bonds is 11. The van der Waals surface area contributed by atoms with Crippen molar-refractivity contribution in [2.24, 2.45) is 5.41 Å². The van der Waals surface area contributed by atoms with Gasteiger partial charge >= 0.3 is 6.18 Å². The lowest BCUT2D eigenvalue weighted by atomic mass is 9.75. The molecule has 224 valence electrons. The van der Waals surface area contributed by atoms with Crippen LogP contribution in [-0.2, 0) is 6.54 Å². The van der Waals surface area contributed by atoms with Crippen LogP contribution in [0.2, 0.25) is 0 Å². The van der Waals surface area contributed by atoms with Gasteiger partial charge in [0.1, 0.15) is 11.5 Å². The molecule has 0 amide bonds. The SMILES string of the molecule is C=C(O)c1ccc(N(CC2(CC)CCN(Cc3ccc(-c4ccc(C)nc4)c(OCC(F)(F)F)c3)CC2)C(=C)C)cc1. The Morgan fingerprint density at radius 2 is 1.76 bits per heavy atom. The van der Waals surface area contributed by atoms with Crippen LogP contribution in [0.3, 0.4) is 0 Å². The van der Waals surface area contributed by atoms with Crippen molar-refractivity contribution in [3.05, 3.63) is 96.5 Å². The second kappa shape index (κ2) is 13.0. The lowest BCUT2D eigenvalue weighted by Gasteiger charge is -2.45. The van der Waals surface area contributed by atoms with Crippen LogP contribution in [0.1, 0.15) is 49.9 Å². The summed E-state index contributed by atoms with van der Waals surface area (Å²) >= 11 is 0. The number of aryl methyl sites for hydroxylation is 1. The number of piperidine rings is 1. The Morgan fingerprint density at radius 1 is 1.07 bits per heavy atom. The summed E-state index contributed by atoms with van der Waals surface area (Å²) in [5, 5.41) is 9.70. The van der Waals surface area contributed by atoms with Crippen molar-refractivity contribution >= 4 is 11.4 Å². The molecule has 1 fully saturated rings. The lowest BCUT2D eigenvalue weighted by Crippen LogP contribution is -2.45. The van der Waals surface area contributed by atoms with E-state index in [4.69, 9.17) is 4.74 Å². The smallest absolute Gasteiger partial charge is 0.422 e. The van der Waals surface area contributed by atoms with E-state index >= 15 is 0 Å². The summed E-state index contributed by atoms with van der Waals surface area (Å²) in [7, 11) is 0. The summed E-state index contributed by atoms with van der Waals surface area (Å²) in [5.74, 6) is 0.255. The second-order valence-electron chi connectivity index (χ2n) is 11.4. The number of likely N-dealkylation sites (tertiary alicyclic amines) is 1. The fourth-order valence-electron chi connectivity index (χ4n) is 5.49. The highest BCUT2D eigenvalue weighted by Crippen LogP contribution is 2.39. The standard InChI is InChI=1S/C34H40F3N3O2/c1-6-33(22-40(24(2)3)30-12-10-28(11-13-30)26(5)41)15-17-39(18-16-33)21-27-8-14-31(29-9-7-25(4)38-20-29)32(19-27)42-23-34(35,36)37/h7-14,19-20,41H,2,5-6,15-18,21-23H2,1,3-4H3. The minimum atomic E-state index is -4.43. The molecule has 1 aliphatic heterocycles. The van der Waals surface area contributed by atoms with E-state index in [0.717, 1.165) is 61.5 Å². The number of hydrogen-bond donors (Lipinski definition) is 1. The first-order valence-corrected chi connectivity index (χ1v) is 14.3. The number of aliphatic hydroxyl groups excluding tert-OH is 1. The molecule has 1 N–H and O–H groups in total. The predicted octanol–water partition coefficient (Wildman–Crippen LogP) is 8.56. The molecular formula is C34H40F3N3O2. The van der Waals surface area contributed by atoms with Crippen LogP contribution in [0.5, 0.6) is 5.75 Å². The van der Waals surface area contributed by atoms with Crippen molar-refractivity contribution < 1.29 is 23.0 Å². The topological polar surface area (TPSA) is 48.8 Å². The van der Waals surface area contributed by atoms with E-state index < -0.39 is 12.8 Å². The molecule has 1 aliphatic rings. The van der Waals surface area contributed by atoms with Gasteiger partial charge in [-0.3, -0.25) is 9.88 Å². The van der Waals surface area contributed by atoms with Crippen molar-refractivity contribution in [3.8, 4) is 16.9 Å². The van der Waals surface area contributed by atoms with E-state index in [1.165, 1.54) is 0 Å². The van der Waals surface area contributed by atoms with Crippen molar-refractivity contribution in [2.75, 3.05) is 31.1 Å². The molecule has 0 bridgehead atoms. The van der Waals surface area contributed by atoms with Crippen LogP contribution in [0, 0.1) is 12.3 Å². The summed E-state index contributed by atoms with van der Waals surface area (Å²) in [4.78, 5) is 8.90. The number of anilines is 1. The first-order valence-electron chi connectivity index (χ1n) is 14.3. The Balaban J connectivity index is 1.46. The third-order valence-corrected chi connectivity index (χ3v) is 8.20. The number of pyridine rings is 1. The van der Waals surface area contributed by atoms with Crippen molar-refractivity contribution in [1.29, 1.82) is 0 Å². The molecule has 1 aromatic heterocycles. The van der Waals surface area contributed by atoms with E-state index in [9.17, 15) is 18.3 Å². The molecule has 1 saturated heterocycles. The fourth-order valence-corrected chi connectivity index (χ4v) is 5.49. The van der Waals surface area contributed by atoms with Crippen LogP contribution in [0.15, 0.2) is 79.6 Å². The van der Waals surface area contributed by atoms with E-state index in [2.05, 4.69) is 34.9 Å². The van der Waals surface area contributed by atoms with Crippen molar-refractivity contribution in [1.82, 2.24) is 9.88 Å². The summed E-state index contributed by atoms with van der Waals surface area (Å²) in [6.07, 6.45) is 0.228. The number of alkyl halides is 3. The highest BCUT2D eigenvalue weighted by Gasteiger charge is 2.35. The molecule has 0 saturated carbocycles. The zero-order chi connectivity index (χ0) is 30.5. The third kappa shape index (κ3) is 7.94. The van der Waals surface area contributed by atoms with Crippen LogP contribution in [-0.4, -0.2) is 47.4 Å². The highest BCUT2D eigenvalue weighted by molar-refractivity contribution is 5.70. The number of hydrogen-bond acceptors (Lipinski definition) is 5. The Labute approximate surface area is 247 Å². The van der Waals surface area contributed by atoms with Gasteiger partial charge in [0.25, 0.3) is 0 Å². The largest absolute Gasteiger partial charge is 0.508 e. The minimum absolute atomic E-state index is 0.0432. The van der Waals surface area contributed by atoms with Gasteiger partial charge in [-0.25, -0.2) is 0 Å². The Hall–Kier alpha value is -3.78. The number of halogens is 3. The van der Waals surface area contributed by atoms with Gasteiger partial charge in [0.05, 0.1) is 0 Å². The molecule has 8 heteroatoms. The minimum Gasteiger partial charge on any atom is -0.508 e. The lowest BCUT2D eigenvalue weighted by molar-refractivity contribution is -0.153. The molecule has 0 spiro atoms. The number of allylic oxidation sites excluding steroid dienone is 1. The third-order valence-electron chi connectivity index (χ3n) is 8.20. The quantitative estimate of drug-likeness (QED) is 0.231.